The number of nitrogens with zero attached hydrogens (tertiary/aromatic N) is 3. The SMILES string of the molecule is Cc1cc(C#N)cc(C)c1Oc1nc(Cl)nc2c1SCC2. The fourth-order valence-electron chi connectivity index (χ4n) is 2.35. The number of aromatic nitrogens is 2. The van der Waals surface area contributed by atoms with Crippen molar-refractivity contribution >= 4 is 23.4 Å². The molecular weight excluding hydrogens is 306 g/mol. The van der Waals surface area contributed by atoms with Crippen LogP contribution in [0.5, 0.6) is 11.6 Å². The molecule has 1 aliphatic rings. The lowest BCUT2D eigenvalue weighted by Crippen LogP contribution is -1.99. The Balaban J connectivity index is 2.04. The molecule has 0 radical (unpaired) electrons. The number of rotatable bonds is 2. The molecule has 1 aromatic carbocycles. The first kappa shape index (κ1) is 14.2. The fraction of sp³-hybridized carbons (Fsp3) is 0.267. The largest absolute Gasteiger partial charge is 0.437 e. The highest BCUT2D eigenvalue weighted by molar-refractivity contribution is 7.99. The number of aryl methyl sites for hydroxylation is 3. The van der Waals surface area contributed by atoms with Gasteiger partial charge in [-0.05, 0) is 48.7 Å². The van der Waals surface area contributed by atoms with E-state index >= 15 is 0 Å². The van der Waals surface area contributed by atoms with Crippen LogP contribution in [-0.4, -0.2) is 15.7 Å². The molecule has 0 spiro atoms. The Kier molecular flexibility index (Phi) is 3.75. The molecular formula is C15H12ClN3OS. The maximum atomic E-state index is 9.00. The monoisotopic (exact) mass is 317 g/mol. The van der Waals surface area contributed by atoms with Gasteiger partial charge in [-0.15, -0.1) is 11.8 Å². The summed E-state index contributed by atoms with van der Waals surface area (Å²) < 4.78 is 6.00. The predicted octanol–water partition coefficient (Wildman–Crippen LogP) is 4.06. The topological polar surface area (TPSA) is 58.8 Å². The van der Waals surface area contributed by atoms with Gasteiger partial charge in [-0.2, -0.15) is 10.2 Å². The molecule has 0 atom stereocenters. The minimum Gasteiger partial charge on any atom is -0.437 e. The van der Waals surface area contributed by atoms with E-state index in [0.717, 1.165) is 39.6 Å². The van der Waals surface area contributed by atoms with E-state index in [-0.39, 0.29) is 5.28 Å². The normalized spacial score (nSPS) is 12.9. The van der Waals surface area contributed by atoms with Crippen LogP contribution in [0.25, 0.3) is 0 Å². The van der Waals surface area contributed by atoms with Crippen molar-refractivity contribution in [2.75, 3.05) is 5.75 Å². The van der Waals surface area contributed by atoms with E-state index in [1.165, 1.54) is 0 Å². The lowest BCUT2D eigenvalue weighted by atomic mass is 10.1. The quantitative estimate of drug-likeness (QED) is 0.782. The van der Waals surface area contributed by atoms with E-state index in [9.17, 15) is 0 Å². The van der Waals surface area contributed by atoms with Gasteiger partial charge in [0.2, 0.25) is 11.2 Å². The lowest BCUT2D eigenvalue weighted by molar-refractivity contribution is 0.441. The van der Waals surface area contributed by atoms with Crippen LogP contribution in [0, 0.1) is 25.2 Å². The Bertz CT molecular complexity index is 747. The standard InChI is InChI=1S/C15H12ClN3OS/c1-8-5-10(7-17)6-9(2)12(8)20-14-13-11(3-4-21-13)18-15(16)19-14/h5-6H,3-4H2,1-2H3. The van der Waals surface area contributed by atoms with Gasteiger partial charge < -0.3 is 4.74 Å². The molecule has 0 fully saturated rings. The molecule has 0 amide bonds. The molecule has 0 saturated heterocycles. The van der Waals surface area contributed by atoms with Crippen molar-refractivity contribution in [3.63, 3.8) is 0 Å². The van der Waals surface area contributed by atoms with Gasteiger partial charge in [-0.1, -0.05) is 0 Å². The molecule has 0 N–H and O–H groups in total. The second kappa shape index (κ2) is 5.55. The van der Waals surface area contributed by atoms with Crippen LogP contribution >= 0.6 is 23.4 Å². The Hall–Kier alpha value is -1.77. The summed E-state index contributed by atoms with van der Waals surface area (Å²) in [5.74, 6) is 2.19. The molecule has 0 bridgehead atoms. The maximum Gasteiger partial charge on any atom is 0.237 e. The molecule has 0 unspecified atom stereocenters. The molecule has 1 aromatic heterocycles. The second-order valence-corrected chi connectivity index (χ2v) is 6.27. The van der Waals surface area contributed by atoms with E-state index < -0.39 is 0 Å². The first-order valence-electron chi connectivity index (χ1n) is 6.47. The first-order valence-corrected chi connectivity index (χ1v) is 7.83. The van der Waals surface area contributed by atoms with Crippen molar-refractivity contribution in [1.29, 1.82) is 5.26 Å². The van der Waals surface area contributed by atoms with Gasteiger partial charge in [0, 0.05) is 12.2 Å². The van der Waals surface area contributed by atoms with Gasteiger partial charge in [0.1, 0.15) is 5.75 Å². The molecule has 1 aliphatic heterocycles. The van der Waals surface area contributed by atoms with E-state index in [1.54, 1.807) is 23.9 Å². The Labute approximate surface area is 132 Å². The highest BCUT2D eigenvalue weighted by Crippen LogP contribution is 2.40. The summed E-state index contributed by atoms with van der Waals surface area (Å²) in [6, 6.07) is 5.75. The predicted molar refractivity (Wildman–Crippen MR) is 82.2 cm³/mol. The number of hydrogen-bond donors (Lipinski definition) is 0. The van der Waals surface area contributed by atoms with Gasteiger partial charge in [0.15, 0.2) is 0 Å². The summed E-state index contributed by atoms with van der Waals surface area (Å²) in [7, 11) is 0. The molecule has 6 heteroatoms. The average Bonchev–Trinajstić information content (AvgIpc) is 2.90. The third kappa shape index (κ3) is 2.69. The van der Waals surface area contributed by atoms with E-state index in [2.05, 4.69) is 16.0 Å². The number of thioether (sulfide) groups is 1. The fourth-order valence-corrected chi connectivity index (χ4v) is 3.55. The molecule has 3 rings (SSSR count). The molecule has 4 nitrogen and oxygen atoms in total. The van der Waals surface area contributed by atoms with E-state index in [0.29, 0.717) is 11.4 Å². The number of halogens is 1. The molecule has 2 heterocycles. The second-order valence-electron chi connectivity index (χ2n) is 4.83. The van der Waals surface area contributed by atoms with Crippen molar-refractivity contribution in [1.82, 2.24) is 9.97 Å². The highest BCUT2D eigenvalue weighted by Gasteiger charge is 2.22. The van der Waals surface area contributed by atoms with Gasteiger partial charge in [-0.3, -0.25) is 0 Å². The van der Waals surface area contributed by atoms with E-state index in [4.69, 9.17) is 21.6 Å². The Morgan fingerprint density at radius 2 is 2.00 bits per heavy atom. The van der Waals surface area contributed by atoms with Crippen LogP contribution in [-0.2, 0) is 6.42 Å². The summed E-state index contributed by atoms with van der Waals surface area (Å²) in [6.07, 6.45) is 0.879. The van der Waals surface area contributed by atoms with Gasteiger partial charge in [0.05, 0.1) is 22.2 Å². The number of fused-ring (bicyclic) bond motifs is 1. The van der Waals surface area contributed by atoms with Crippen LogP contribution in [0.15, 0.2) is 17.0 Å². The molecule has 2 aromatic rings. The molecule has 0 saturated carbocycles. The van der Waals surface area contributed by atoms with Crippen molar-refractivity contribution < 1.29 is 4.74 Å². The minimum absolute atomic E-state index is 0.204. The number of benzene rings is 1. The van der Waals surface area contributed by atoms with E-state index in [1.807, 2.05) is 13.8 Å². The van der Waals surface area contributed by atoms with Crippen LogP contribution in [0.2, 0.25) is 5.28 Å². The van der Waals surface area contributed by atoms with Crippen LogP contribution in [0.1, 0.15) is 22.4 Å². The Morgan fingerprint density at radius 1 is 1.29 bits per heavy atom. The zero-order chi connectivity index (χ0) is 15.0. The number of ether oxygens (including phenoxy) is 1. The zero-order valence-electron chi connectivity index (χ0n) is 11.6. The van der Waals surface area contributed by atoms with Gasteiger partial charge in [0.25, 0.3) is 0 Å². The van der Waals surface area contributed by atoms with Crippen molar-refractivity contribution in [3.8, 4) is 17.7 Å². The summed E-state index contributed by atoms with van der Waals surface area (Å²) >= 11 is 7.65. The maximum absolute atomic E-state index is 9.00. The minimum atomic E-state index is 0.204. The Morgan fingerprint density at radius 3 is 2.67 bits per heavy atom. The third-order valence-electron chi connectivity index (χ3n) is 3.25. The van der Waals surface area contributed by atoms with Crippen molar-refractivity contribution in [2.24, 2.45) is 0 Å². The molecule has 0 aliphatic carbocycles. The van der Waals surface area contributed by atoms with Crippen LogP contribution < -0.4 is 4.74 Å². The first-order chi connectivity index (χ1) is 10.1. The van der Waals surface area contributed by atoms with Crippen molar-refractivity contribution in [2.45, 2.75) is 25.2 Å². The summed E-state index contributed by atoms with van der Waals surface area (Å²) in [5, 5.41) is 9.20. The number of hydrogen-bond acceptors (Lipinski definition) is 5. The molecule has 106 valence electrons. The third-order valence-corrected chi connectivity index (χ3v) is 4.53. The van der Waals surface area contributed by atoms with Gasteiger partial charge >= 0.3 is 0 Å². The van der Waals surface area contributed by atoms with Crippen molar-refractivity contribution in [3.05, 3.63) is 39.8 Å². The van der Waals surface area contributed by atoms with Crippen LogP contribution in [0.4, 0.5) is 0 Å². The van der Waals surface area contributed by atoms with Crippen LogP contribution in [0.3, 0.4) is 0 Å². The zero-order valence-corrected chi connectivity index (χ0v) is 13.2. The highest BCUT2D eigenvalue weighted by atomic mass is 35.5. The smallest absolute Gasteiger partial charge is 0.237 e. The summed E-state index contributed by atoms with van der Waals surface area (Å²) in [6.45, 7) is 3.83. The summed E-state index contributed by atoms with van der Waals surface area (Å²) in [4.78, 5) is 9.41. The number of nitriles is 1. The van der Waals surface area contributed by atoms with Gasteiger partial charge in [-0.25, -0.2) is 4.98 Å². The average molecular weight is 318 g/mol. The summed E-state index contributed by atoms with van der Waals surface area (Å²) in [5.41, 5.74) is 3.37. The molecule has 21 heavy (non-hydrogen) atoms. The lowest BCUT2D eigenvalue weighted by Gasteiger charge is -2.13.